The Morgan fingerprint density at radius 2 is 1.68 bits per heavy atom. The molecule has 0 saturated heterocycles. The predicted octanol–water partition coefficient (Wildman–Crippen LogP) is 3.52. The lowest BCUT2D eigenvalue weighted by atomic mass is 10.1. The standard InChI is InChI=1S/C18H14F3N3O3S/c19-18(20,21)27-15-5-1-2-6-16(15)28(25,26)24-12-14-4-3-9-23-17(14)13-7-10-22-11-8-13/h1-11,24H,12H2. The lowest BCUT2D eigenvalue weighted by Gasteiger charge is -2.14. The van der Waals surface area contributed by atoms with Crippen LogP contribution in [0.3, 0.4) is 0 Å². The van der Waals surface area contributed by atoms with E-state index >= 15 is 0 Å². The molecule has 0 amide bonds. The Balaban J connectivity index is 1.87. The van der Waals surface area contributed by atoms with Gasteiger partial charge in [-0.3, -0.25) is 9.97 Å². The molecule has 0 bridgehead atoms. The van der Waals surface area contributed by atoms with E-state index in [1.54, 1.807) is 42.9 Å². The molecule has 3 rings (SSSR count). The summed E-state index contributed by atoms with van der Waals surface area (Å²) in [6.07, 6.45) is -0.310. The summed E-state index contributed by atoms with van der Waals surface area (Å²) in [5, 5.41) is 0. The van der Waals surface area contributed by atoms with E-state index in [-0.39, 0.29) is 6.54 Å². The van der Waals surface area contributed by atoms with Crippen molar-refractivity contribution in [3.05, 3.63) is 72.7 Å². The summed E-state index contributed by atoms with van der Waals surface area (Å²) in [6, 6.07) is 11.3. The molecular weight excluding hydrogens is 395 g/mol. The highest BCUT2D eigenvalue weighted by atomic mass is 32.2. The molecule has 10 heteroatoms. The average molecular weight is 409 g/mol. The first-order valence-electron chi connectivity index (χ1n) is 7.95. The van der Waals surface area contributed by atoms with Gasteiger partial charge in [0.05, 0.1) is 5.69 Å². The van der Waals surface area contributed by atoms with Crippen LogP contribution in [0.2, 0.25) is 0 Å². The number of hydrogen-bond acceptors (Lipinski definition) is 5. The van der Waals surface area contributed by atoms with Crippen LogP contribution < -0.4 is 9.46 Å². The van der Waals surface area contributed by atoms with Gasteiger partial charge in [-0.05, 0) is 35.9 Å². The van der Waals surface area contributed by atoms with Crippen molar-refractivity contribution < 1.29 is 26.3 Å². The number of rotatable bonds is 6. The number of sulfonamides is 1. The molecule has 146 valence electrons. The highest BCUT2D eigenvalue weighted by molar-refractivity contribution is 7.89. The molecule has 0 radical (unpaired) electrons. The summed E-state index contributed by atoms with van der Waals surface area (Å²) in [4.78, 5) is 7.56. The Morgan fingerprint density at radius 1 is 0.964 bits per heavy atom. The van der Waals surface area contributed by atoms with Crippen molar-refractivity contribution in [1.82, 2.24) is 14.7 Å². The van der Waals surface area contributed by atoms with E-state index in [4.69, 9.17) is 0 Å². The first-order chi connectivity index (χ1) is 13.3. The number of nitrogens with one attached hydrogen (secondary N) is 1. The second kappa shape index (κ2) is 7.95. The van der Waals surface area contributed by atoms with Gasteiger partial charge in [-0.15, -0.1) is 13.2 Å². The molecular formula is C18H14F3N3O3S. The molecule has 0 saturated carbocycles. The molecule has 1 aromatic carbocycles. The summed E-state index contributed by atoms with van der Waals surface area (Å²) in [6.45, 7) is -0.172. The second-order valence-corrected chi connectivity index (χ2v) is 7.30. The number of halogens is 3. The van der Waals surface area contributed by atoms with E-state index in [0.29, 0.717) is 11.3 Å². The number of hydrogen-bond donors (Lipinski definition) is 1. The first-order valence-corrected chi connectivity index (χ1v) is 9.43. The van der Waals surface area contributed by atoms with Crippen LogP contribution in [0.4, 0.5) is 13.2 Å². The third-order valence-corrected chi connectivity index (χ3v) is 5.10. The smallest absolute Gasteiger partial charge is 0.404 e. The van der Waals surface area contributed by atoms with Gasteiger partial charge in [0.15, 0.2) is 0 Å². The highest BCUT2D eigenvalue weighted by Crippen LogP contribution is 2.29. The van der Waals surface area contributed by atoms with Gasteiger partial charge >= 0.3 is 6.36 Å². The van der Waals surface area contributed by atoms with Gasteiger partial charge in [-0.25, -0.2) is 13.1 Å². The number of pyridine rings is 2. The van der Waals surface area contributed by atoms with Crippen LogP contribution in [0.25, 0.3) is 11.3 Å². The van der Waals surface area contributed by atoms with Crippen molar-refractivity contribution >= 4 is 10.0 Å². The van der Waals surface area contributed by atoms with Gasteiger partial charge in [0.25, 0.3) is 0 Å². The molecule has 0 aliphatic heterocycles. The third-order valence-electron chi connectivity index (χ3n) is 3.66. The predicted molar refractivity (Wildman–Crippen MR) is 94.6 cm³/mol. The minimum absolute atomic E-state index is 0.172. The van der Waals surface area contributed by atoms with Crippen molar-refractivity contribution in [3.8, 4) is 17.0 Å². The van der Waals surface area contributed by atoms with Gasteiger partial charge in [-0.2, -0.15) is 0 Å². The summed E-state index contributed by atoms with van der Waals surface area (Å²) < 4.78 is 68.9. The van der Waals surface area contributed by atoms with Crippen LogP contribution in [-0.4, -0.2) is 24.7 Å². The van der Waals surface area contributed by atoms with Crippen LogP contribution in [0.15, 0.2) is 72.0 Å². The number of para-hydroxylation sites is 1. The summed E-state index contributed by atoms with van der Waals surface area (Å²) >= 11 is 0. The molecule has 0 atom stereocenters. The van der Waals surface area contributed by atoms with Gasteiger partial charge in [0.2, 0.25) is 10.0 Å². The molecule has 0 spiro atoms. The number of benzene rings is 1. The molecule has 0 aliphatic carbocycles. The largest absolute Gasteiger partial charge is 0.573 e. The van der Waals surface area contributed by atoms with E-state index in [0.717, 1.165) is 17.7 Å². The molecule has 1 N–H and O–H groups in total. The maximum Gasteiger partial charge on any atom is 0.573 e. The zero-order valence-corrected chi connectivity index (χ0v) is 15.0. The molecule has 3 aromatic rings. The number of nitrogens with zero attached hydrogens (tertiary/aromatic N) is 2. The van der Waals surface area contributed by atoms with E-state index < -0.39 is 27.0 Å². The summed E-state index contributed by atoms with van der Waals surface area (Å²) in [7, 11) is -4.28. The van der Waals surface area contributed by atoms with Crippen molar-refractivity contribution in [2.24, 2.45) is 0 Å². The Kier molecular flexibility index (Phi) is 5.61. The third kappa shape index (κ3) is 4.84. The summed E-state index contributed by atoms with van der Waals surface area (Å²) in [5.74, 6) is -0.803. The number of ether oxygens (including phenoxy) is 1. The van der Waals surface area contributed by atoms with Crippen LogP contribution in [0, 0.1) is 0 Å². The van der Waals surface area contributed by atoms with Crippen molar-refractivity contribution in [1.29, 1.82) is 0 Å². The fourth-order valence-electron chi connectivity index (χ4n) is 2.48. The van der Waals surface area contributed by atoms with Crippen LogP contribution in [0.1, 0.15) is 5.56 Å². The molecule has 2 aromatic heterocycles. The Hall–Kier alpha value is -2.98. The Morgan fingerprint density at radius 3 is 2.39 bits per heavy atom. The average Bonchev–Trinajstić information content (AvgIpc) is 2.66. The van der Waals surface area contributed by atoms with Gasteiger partial charge in [0.1, 0.15) is 10.6 Å². The molecule has 0 fully saturated rings. The molecule has 2 heterocycles. The Labute approximate surface area is 159 Å². The lowest BCUT2D eigenvalue weighted by Crippen LogP contribution is -2.26. The van der Waals surface area contributed by atoms with Crippen molar-refractivity contribution in [3.63, 3.8) is 0 Å². The van der Waals surface area contributed by atoms with E-state index in [9.17, 15) is 21.6 Å². The topological polar surface area (TPSA) is 81.2 Å². The minimum Gasteiger partial charge on any atom is -0.404 e. The number of aromatic nitrogens is 2. The zero-order valence-electron chi connectivity index (χ0n) is 14.2. The number of alkyl halides is 3. The second-order valence-electron chi connectivity index (χ2n) is 5.57. The fourth-order valence-corrected chi connectivity index (χ4v) is 3.62. The molecule has 0 aliphatic rings. The monoisotopic (exact) mass is 409 g/mol. The van der Waals surface area contributed by atoms with Crippen LogP contribution in [-0.2, 0) is 16.6 Å². The SMILES string of the molecule is O=S(=O)(NCc1cccnc1-c1ccncc1)c1ccccc1OC(F)(F)F. The van der Waals surface area contributed by atoms with E-state index in [1.807, 2.05) is 0 Å². The van der Waals surface area contributed by atoms with E-state index in [2.05, 4.69) is 19.4 Å². The zero-order chi connectivity index (χ0) is 20.2. The molecule has 6 nitrogen and oxygen atoms in total. The minimum atomic E-state index is -5.01. The lowest BCUT2D eigenvalue weighted by molar-refractivity contribution is -0.275. The quantitative estimate of drug-likeness (QED) is 0.674. The van der Waals surface area contributed by atoms with Gasteiger partial charge in [0, 0.05) is 30.7 Å². The molecule has 0 unspecified atom stereocenters. The fraction of sp³-hybridized carbons (Fsp3) is 0.111. The maximum atomic E-state index is 12.6. The summed E-state index contributed by atoms with van der Waals surface area (Å²) in [5.41, 5.74) is 1.81. The van der Waals surface area contributed by atoms with Gasteiger partial charge < -0.3 is 4.74 Å². The molecule has 28 heavy (non-hydrogen) atoms. The Bertz CT molecular complexity index is 1060. The van der Waals surface area contributed by atoms with Gasteiger partial charge in [-0.1, -0.05) is 18.2 Å². The normalized spacial score (nSPS) is 12.0. The van der Waals surface area contributed by atoms with Crippen LogP contribution in [0.5, 0.6) is 5.75 Å². The maximum absolute atomic E-state index is 12.6. The van der Waals surface area contributed by atoms with Crippen molar-refractivity contribution in [2.75, 3.05) is 0 Å². The van der Waals surface area contributed by atoms with Crippen LogP contribution >= 0.6 is 0 Å². The van der Waals surface area contributed by atoms with Crippen molar-refractivity contribution in [2.45, 2.75) is 17.8 Å². The first kappa shape index (κ1) is 19.8. The highest BCUT2D eigenvalue weighted by Gasteiger charge is 2.34. The van der Waals surface area contributed by atoms with E-state index in [1.165, 1.54) is 12.1 Å².